The van der Waals surface area contributed by atoms with Gasteiger partial charge in [0.25, 0.3) is 0 Å². The minimum Gasteiger partial charge on any atom is -0.481 e. The maximum atomic E-state index is 10.3. The lowest BCUT2D eigenvalue weighted by molar-refractivity contribution is -0.138. The first kappa shape index (κ1) is 7.80. The highest BCUT2D eigenvalue weighted by atomic mass is 16.4. The molecular weight excluding hydrogens is 142 g/mol. The normalized spacial score (nSPS) is 29.3. The van der Waals surface area contributed by atoms with Crippen LogP contribution in [0.25, 0.3) is 0 Å². The number of carbonyl (C=O) groups is 1. The summed E-state index contributed by atoms with van der Waals surface area (Å²) in [4.78, 5) is 10.3. The molecule has 1 N–H and O–H groups in total. The van der Waals surface area contributed by atoms with E-state index in [-0.39, 0.29) is 11.8 Å². The standard InChI is InChI=1S/C8H9NO2/c1-5(4-9)2-6-3-7(6)8(10)11/h2,6-7H,3H2,1H3,(H,10,11). The second kappa shape index (κ2) is 2.75. The fourth-order valence-corrected chi connectivity index (χ4v) is 1.04. The molecule has 3 nitrogen and oxygen atoms in total. The first-order chi connectivity index (χ1) is 5.15. The Hall–Kier alpha value is -1.30. The number of rotatable bonds is 2. The number of carboxylic acid groups (broad SMARTS) is 1. The van der Waals surface area contributed by atoms with Crippen LogP contribution in [0.15, 0.2) is 11.6 Å². The van der Waals surface area contributed by atoms with Crippen LogP contribution in [0.2, 0.25) is 0 Å². The average molecular weight is 151 g/mol. The van der Waals surface area contributed by atoms with Crippen molar-refractivity contribution in [2.75, 3.05) is 0 Å². The van der Waals surface area contributed by atoms with Gasteiger partial charge in [-0.25, -0.2) is 0 Å². The largest absolute Gasteiger partial charge is 0.481 e. The average Bonchev–Trinajstić information content (AvgIpc) is 2.67. The molecule has 2 unspecified atom stereocenters. The molecule has 0 aliphatic heterocycles. The monoisotopic (exact) mass is 151 g/mol. The second-order valence-electron chi connectivity index (χ2n) is 2.81. The van der Waals surface area contributed by atoms with E-state index in [1.165, 1.54) is 0 Å². The van der Waals surface area contributed by atoms with Crippen LogP contribution in [0, 0.1) is 23.2 Å². The van der Waals surface area contributed by atoms with E-state index in [1.54, 1.807) is 13.0 Å². The Morgan fingerprint density at radius 1 is 1.82 bits per heavy atom. The lowest BCUT2D eigenvalue weighted by Crippen LogP contribution is -1.98. The van der Waals surface area contributed by atoms with Crippen molar-refractivity contribution < 1.29 is 9.90 Å². The molecule has 0 radical (unpaired) electrons. The number of hydrogen-bond acceptors (Lipinski definition) is 2. The van der Waals surface area contributed by atoms with Crippen LogP contribution in [0.5, 0.6) is 0 Å². The van der Waals surface area contributed by atoms with E-state index in [0.717, 1.165) is 0 Å². The van der Waals surface area contributed by atoms with Gasteiger partial charge in [-0.05, 0) is 19.3 Å². The maximum Gasteiger partial charge on any atom is 0.307 e. The van der Waals surface area contributed by atoms with E-state index in [0.29, 0.717) is 12.0 Å². The van der Waals surface area contributed by atoms with Gasteiger partial charge in [0.2, 0.25) is 0 Å². The third kappa shape index (κ3) is 1.81. The summed E-state index contributed by atoms with van der Waals surface area (Å²) in [5.41, 5.74) is 0.610. The summed E-state index contributed by atoms with van der Waals surface area (Å²) in [6, 6.07) is 1.96. The van der Waals surface area contributed by atoms with Crippen LogP contribution < -0.4 is 0 Å². The van der Waals surface area contributed by atoms with E-state index in [9.17, 15) is 4.79 Å². The SMILES string of the molecule is CC(C#N)=CC1CC1C(=O)O. The molecule has 2 atom stereocenters. The highest BCUT2D eigenvalue weighted by Crippen LogP contribution is 2.40. The van der Waals surface area contributed by atoms with Gasteiger partial charge in [0, 0.05) is 5.57 Å². The molecule has 1 saturated carbocycles. The number of nitrogens with zero attached hydrogens (tertiary/aromatic N) is 1. The zero-order valence-corrected chi connectivity index (χ0v) is 6.24. The molecule has 3 heteroatoms. The molecule has 0 bridgehead atoms. The molecule has 0 amide bonds. The minimum atomic E-state index is -0.753. The number of carboxylic acids is 1. The first-order valence-corrected chi connectivity index (χ1v) is 3.46. The van der Waals surface area contributed by atoms with Crippen molar-refractivity contribution in [1.29, 1.82) is 5.26 Å². The fourth-order valence-electron chi connectivity index (χ4n) is 1.04. The highest BCUT2D eigenvalue weighted by Gasteiger charge is 2.41. The Bertz CT molecular complexity index is 249. The second-order valence-corrected chi connectivity index (χ2v) is 2.81. The van der Waals surface area contributed by atoms with Gasteiger partial charge in [-0.2, -0.15) is 5.26 Å². The smallest absolute Gasteiger partial charge is 0.307 e. The summed E-state index contributed by atoms with van der Waals surface area (Å²) in [6.07, 6.45) is 2.42. The molecule has 0 aromatic carbocycles. The number of hydrogen-bond donors (Lipinski definition) is 1. The predicted octanol–water partition coefficient (Wildman–Crippen LogP) is 1.18. The first-order valence-electron chi connectivity index (χ1n) is 3.46. The Balaban J connectivity index is 2.47. The van der Waals surface area contributed by atoms with E-state index < -0.39 is 5.97 Å². The molecule has 0 saturated heterocycles. The zero-order chi connectivity index (χ0) is 8.43. The third-order valence-corrected chi connectivity index (χ3v) is 1.80. The zero-order valence-electron chi connectivity index (χ0n) is 6.24. The summed E-state index contributed by atoms with van der Waals surface area (Å²) in [5, 5.41) is 16.9. The Labute approximate surface area is 64.9 Å². The van der Waals surface area contributed by atoms with E-state index in [1.807, 2.05) is 6.07 Å². The van der Waals surface area contributed by atoms with Crippen molar-refractivity contribution in [3.63, 3.8) is 0 Å². The minimum absolute atomic E-state index is 0.104. The summed E-state index contributed by atoms with van der Waals surface area (Å²) < 4.78 is 0. The quantitative estimate of drug-likeness (QED) is 0.603. The van der Waals surface area contributed by atoms with Crippen LogP contribution in [0.4, 0.5) is 0 Å². The van der Waals surface area contributed by atoms with Crippen molar-refractivity contribution >= 4 is 5.97 Å². The van der Waals surface area contributed by atoms with Crippen LogP contribution >= 0.6 is 0 Å². The number of allylic oxidation sites excluding steroid dienone is 2. The van der Waals surface area contributed by atoms with E-state index in [4.69, 9.17) is 10.4 Å². The topological polar surface area (TPSA) is 61.1 Å². The maximum absolute atomic E-state index is 10.3. The van der Waals surface area contributed by atoms with Crippen LogP contribution in [-0.2, 0) is 4.79 Å². The van der Waals surface area contributed by atoms with Crippen molar-refractivity contribution in [2.24, 2.45) is 11.8 Å². The van der Waals surface area contributed by atoms with Crippen molar-refractivity contribution in [2.45, 2.75) is 13.3 Å². The molecule has 1 aliphatic carbocycles. The predicted molar refractivity (Wildman–Crippen MR) is 38.6 cm³/mol. The fraction of sp³-hybridized carbons (Fsp3) is 0.500. The third-order valence-electron chi connectivity index (χ3n) is 1.80. The van der Waals surface area contributed by atoms with E-state index in [2.05, 4.69) is 0 Å². The molecule has 11 heavy (non-hydrogen) atoms. The van der Waals surface area contributed by atoms with Crippen molar-refractivity contribution in [3.05, 3.63) is 11.6 Å². The van der Waals surface area contributed by atoms with Crippen LogP contribution in [0.1, 0.15) is 13.3 Å². The molecule has 58 valence electrons. The van der Waals surface area contributed by atoms with Crippen molar-refractivity contribution in [3.8, 4) is 6.07 Å². The van der Waals surface area contributed by atoms with Gasteiger partial charge < -0.3 is 5.11 Å². The highest BCUT2D eigenvalue weighted by molar-refractivity contribution is 5.74. The van der Waals surface area contributed by atoms with Gasteiger partial charge in [0.05, 0.1) is 12.0 Å². The molecule has 1 rings (SSSR count). The number of nitriles is 1. The van der Waals surface area contributed by atoms with Crippen LogP contribution in [-0.4, -0.2) is 11.1 Å². The van der Waals surface area contributed by atoms with Gasteiger partial charge in [-0.3, -0.25) is 4.79 Å². The molecule has 0 aromatic heterocycles. The molecule has 0 heterocycles. The summed E-state index contributed by atoms with van der Waals surface area (Å²) in [6.45, 7) is 1.69. The summed E-state index contributed by atoms with van der Waals surface area (Å²) in [5.74, 6) is -0.887. The molecule has 1 aliphatic rings. The Morgan fingerprint density at radius 2 is 2.45 bits per heavy atom. The van der Waals surface area contributed by atoms with Gasteiger partial charge in [0.15, 0.2) is 0 Å². The molecule has 0 spiro atoms. The van der Waals surface area contributed by atoms with E-state index >= 15 is 0 Å². The lowest BCUT2D eigenvalue weighted by Gasteiger charge is -1.86. The summed E-state index contributed by atoms with van der Waals surface area (Å²) >= 11 is 0. The van der Waals surface area contributed by atoms with Crippen LogP contribution in [0.3, 0.4) is 0 Å². The van der Waals surface area contributed by atoms with Gasteiger partial charge >= 0.3 is 5.97 Å². The van der Waals surface area contributed by atoms with Gasteiger partial charge in [-0.1, -0.05) is 6.08 Å². The molecule has 1 fully saturated rings. The molecular formula is C8H9NO2. The Kier molecular flexibility index (Phi) is 1.95. The summed E-state index contributed by atoms with van der Waals surface area (Å²) in [7, 11) is 0. The van der Waals surface area contributed by atoms with Gasteiger partial charge in [-0.15, -0.1) is 0 Å². The van der Waals surface area contributed by atoms with Crippen molar-refractivity contribution in [1.82, 2.24) is 0 Å². The van der Waals surface area contributed by atoms with Gasteiger partial charge in [0.1, 0.15) is 0 Å². The Morgan fingerprint density at radius 3 is 2.82 bits per heavy atom. The lowest BCUT2D eigenvalue weighted by atomic mass is 10.2. The molecule has 0 aromatic rings. The number of aliphatic carboxylic acids is 1.